The van der Waals surface area contributed by atoms with Crippen molar-refractivity contribution >= 4 is 15.9 Å². The van der Waals surface area contributed by atoms with Crippen molar-refractivity contribution in [3.63, 3.8) is 0 Å². The summed E-state index contributed by atoms with van der Waals surface area (Å²) in [7, 11) is 1.94. The van der Waals surface area contributed by atoms with Crippen LogP contribution >= 0.6 is 15.9 Å². The standard InChI is InChI=1S/C11H20BrN3/c1-11(2,3)9(12)6-5-7-10-13-8-14-15(10)4/h8-9H,5-7H2,1-4H3. The third-order valence-electron chi connectivity index (χ3n) is 2.60. The number of nitrogens with zero attached hydrogens (tertiary/aromatic N) is 3. The van der Waals surface area contributed by atoms with Gasteiger partial charge in [-0.15, -0.1) is 0 Å². The van der Waals surface area contributed by atoms with Gasteiger partial charge in [0.05, 0.1) is 0 Å². The maximum atomic E-state index is 4.21. The van der Waals surface area contributed by atoms with E-state index in [-0.39, 0.29) is 0 Å². The molecule has 0 aliphatic carbocycles. The van der Waals surface area contributed by atoms with Crippen molar-refractivity contribution in [3.05, 3.63) is 12.2 Å². The lowest BCUT2D eigenvalue weighted by Crippen LogP contribution is -2.20. The molecule has 1 heterocycles. The topological polar surface area (TPSA) is 30.7 Å². The minimum absolute atomic E-state index is 0.333. The van der Waals surface area contributed by atoms with Crippen LogP contribution in [-0.2, 0) is 13.5 Å². The van der Waals surface area contributed by atoms with Crippen LogP contribution in [0.3, 0.4) is 0 Å². The first-order valence-electron chi connectivity index (χ1n) is 5.38. The Morgan fingerprint density at radius 1 is 1.47 bits per heavy atom. The Morgan fingerprint density at radius 3 is 2.60 bits per heavy atom. The molecule has 0 aliphatic heterocycles. The molecule has 0 radical (unpaired) electrons. The average Bonchev–Trinajstić information content (AvgIpc) is 2.50. The zero-order chi connectivity index (χ0) is 11.5. The molecular weight excluding hydrogens is 254 g/mol. The molecule has 1 aromatic heterocycles. The van der Waals surface area contributed by atoms with E-state index in [0.717, 1.165) is 18.7 Å². The average molecular weight is 274 g/mol. The van der Waals surface area contributed by atoms with Gasteiger partial charge in [-0.05, 0) is 18.3 Å². The van der Waals surface area contributed by atoms with E-state index in [1.165, 1.54) is 6.42 Å². The van der Waals surface area contributed by atoms with E-state index >= 15 is 0 Å². The lowest BCUT2D eigenvalue weighted by Gasteiger charge is -2.25. The first-order valence-corrected chi connectivity index (χ1v) is 6.30. The molecule has 4 heteroatoms. The first-order chi connectivity index (χ1) is 6.91. The summed E-state index contributed by atoms with van der Waals surface area (Å²) < 4.78 is 1.85. The summed E-state index contributed by atoms with van der Waals surface area (Å²) in [5.74, 6) is 1.07. The van der Waals surface area contributed by atoms with E-state index in [4.69, 9.17) is 0 Å². The summed E-state index contributed by atoms with van der Waals surface area (Å²) in [5, 5.41) is 4.06. The quantitative estimate of drug-likeness (QED) is 0.790. The first kappa shape index (κ1) is 12.7. The van der Waals surface area contributed by atoms with Gasteiger partial charge in [0.1, 0.15) is 12.2 Å². The monoisotopic (exact) mass is 273 g/mol. The van der Waals surface area contributed by atoms with Gasteiger partial charge < -0.3 is 0 Å². The molecule has 86 valence electrons. The van der Waals surface area contributed by atoms with Crippen molar-refractivity contribution in [1.29, 1.82) is 0 Å². The lowest BCUT2D eigenvalue weighted by molar-refractivity contribution is 0.379. The van der Waals surface area contributed by atoms with Gasteiger partial charge in [-0.3, -0.25) is 4.68 Å². The van der Waals surface area contributed by atoms with Crippen molar-refractivity contribution < 1.29 is 0 Å². The second-order valence-corrected chi connectivity index (χ2v) is 6.13. The van der Waals surface area contributed by atoms with Crippen LogP contribution in [0.2, 0.25) is 0 Å². The molecule has 0 saturated carbocycles. The molecule has 0 aliphatic rings. The third kappa shape index (κ3) is 3.93. The number of alkyl halides is 1. The second kappa shape index (κ2) is 5.10. The van der Waals surface area contributed by atoms with E-state index < -0.39 is 0 Å². The Kier molecular flexibility index (Phi) is 4.32. The maximum Gasteiger partial charge on any atom is 0.138 e. The summed E-state index contributed by atoms with van der Waals surface area (Å²) in [4.78, 5) is 4.78. The van der Waals surface area contributed by atoms with E-state index in [2.05, 4.69) is 46.8 Å². The summed E-state index contributed by atoms with van der Waals surface area (Å²) in [5.41, 5.74) is 0.333. The Labute approximate surface area is 100 Å². The molecule has 1 unspecified atom stereocenters. The number of hydrogen-bond acceptors (Lipinski definition) is 2. The fraction of sp³-hybridized carbons (Fsp3) is 0.818. The van der Waals surface area contributed by atoms with Gasteiger partial charge in [0, 0.05) is 18.3 Å². The molecule has 1 rings (SSSR count). The Morgan fingerprint density at radius 2 is 2.13 bits per heavy atom. The predicted molar refractivity (Wildman–Crippen MR) is 66.1 cm³/mol. The van der Waals surface area contributed by atoms with Crippen molar-refractivity contribution in [2.45, 2.75) is 44.9 Å². The normalized spacial score (nSPS) is 14.2. The van der Waals surface area contributed by atoms with Crippen LogP contribution < -0.4 is 0 Å². The van der Waals surface area contributed by atoms with Crippen LogP contribution in [0.25, 0.3) is 0 Å². The molecule has 0 amide bonds. The number of aryl methyl sites for hydroxylation is 2. The van der Waals surface area contributed by atoms with Gasteiger partial charge >= 0.3 is 0 Å². The molecule has 1 atom stereocenters. The molecule has 3 nitrogen and oxygen atoms in total. The zero-order valence-electron chi connectivity index (χ0n) is 10.00. The minimum Gasteiger partial charge on any atom is -0.253 e. The molecule has 0 N–H and O–H groups in total. The van der Waals surface area contributed by atoms with Crippen LogP contribution in [-0.4, -0.2) is 19.6 Å². The highest BCUT2D eigenvalue weighted by molar-refractivity contribution is 9.09. The van der Waals surface area contributed by atoms with E-state index in [1.807, 2.05) is 11.7 Å². The highest BCUT2D eigenvalue weighted by atomic mass is 79.9. The summed E-state index contributed by atoms with van der Waals surface area (Å²) in [6.45, 7) is 6.78. The SMILES string of the molecule is Cn1ncnc1CCCC(Br)C(C)(C)C. The largest absolute Gasteiger partial charge is 0.253 e. The third-order valence-corrected chi connectivity index (χ3v) is 4.43. The molecule has 0 saturated heterocycles. The van der Waals surface area contributed by atoms with Gasteiger partial charge in [-0.1, -0.05) is 36.7 Å². The lowest BCUT2D eigenvalue weighted by atomic mass is 9.89. The number of rotatable bonds is 4. The van der Waals surface area contributed by atoms with E-state index in [0.29, 0.717) is 10.2 Å². The van der Waals surface area contributed by atoms with Gasteiger partial charge in [0.15, 0.2) is 0 Å². The Bertz CT molecular complexity index is 301. The molecule has 1 aromatic rings. The van der Waals surface area contributed by atoms with Gasteiger partial charge in [0.2, 0.25) is 0 Å². The molecule has 15 heavy (non-hydrogen) atoms. The predicted octanol–water partition coefficient (Wildman–Crippen LogP) is 2.95. The summed E-state index contributed by atoms with van der Waals surface area (Å²) >= 11 is 3.74. The van der Waals surface area contributed by atoms with E-state index in [9.17, 15) is 0 Å². The van der Waals surface area contributed by atoms with Crippen molar-refractivity contribution in [3.8, 4) is 0 Å². The summed E-state index contributed by atoms with van der Waals surface area (Å²) in [6, 6.07) is 0. The van der Waals surface area contributed by atoms with Crippen LogP contribution in [0.15, 0.2) is 6.33 Å². The van der Waals surface area contributed by atoms with Crippen LogP contribution in [0, 0.1) is 5.41 Å². The van der Waals surface area contributed by atoms with Crippen LogP contribution in [0.5, 0.6) is 0 Å². The minimum atomic E-state index is 0.333. The van der Waals surface area contributed by atoms with Gasteiger partial charge in [-0.2, -0.15) is 5.10 Å². The number of hydrogen-bond donors (Lipinski definition) is 0. The molecular formula is C11H20BrN3. The Balaban J connectivity index is 2.31. The fourth-order valence-electron chi connectivity index (χ4n) is 1.42. The molecule has 0 aromatic carbocycles. The highest BCUT2D eigenvalue weighted by Crippen LogP contribution is 2.29. The maximum absolute atomic E-state index is 4.21. The van der Waals surface area contributed by atoms with Crippen molar-refractivity contribution in [2.24, 2.45) is 12.5 Å². The van der Waals surface area contributed by atoms with Gasteiger partial charge in [-0.25, -0.2) is 4.98 Å². The van der Waals surface area contributed by atoms with E-state index in [1.54, 1.807) is 6.33 Å². The van der Waals surface area contributed by atoms with Crippen molar-refractivity contribution in [1.82, 2.24) is 14.8 Å². The Hall–Kier alpha value is -0.380. The highest BCUT2D eigenvalue weighted by Gasteiger charge is 2.21. The molecule has 0 bridgehead atoms. The second-order valence-electron chi connectivity index (χ2n) is 5.03. The molecule has 0 spiro atoms. The molecule has 0 fully saturated rings. The van der Waals surface area contributed by atoms with Crippen LogP contribution in [0.1, 0.15) is 39.4 Å². The summed E-state index contributed by atoms with van der Waals surface area (Å²) in [6.07, 6.45) is 4.95. The van der Waals surface area contributed by atoms with Crippen LogP contribution in [0.4, 0.5) is 0 Å². The zero-order valence-corrected chi connectivity index (χ0v) is 11.6. The number of aromatic nitrogens is 3. The van der Waals surface area contributed by atoms with Gasteiger partial charge in [0.25, 0.3) is 0 Å². The fourth-order valence-corrected chi connectivity index (χ4v) is 1.74. The smallest absolute Gasteiger partial charge is 0.138 e. The number of halogens is 1. The van der Waals surface area contributed by atoms with Crippen molar-refractivity contribution in [2.75, 3.05) is 0 Å².